The Kier molecular flexibility index (Phi) is 4.03. The van der Waals surface area contributed by atoms with E-state index in [1.807, 2.05) is 13.8 Å². The second-order valence-corrected chi connectivity index (χ2v) is 1.84. The molecule has 0 saturated heterocycles. The first-order valence-corrected chi connectivity index (χ1v) is 3.59. The van der Waals surface area contributed by atoms with Crippen molar-refractivity contribution in [1.82, 2.24) is 4.73 Å². The van der Waals surface area contributed by atoms with Gasteiger partial charge < -0.3 is 5.21 Å². The first kappa shape index (κ1) is 9.75. The zero-order chi connectivity index (χ0) is 8.85. The van der Waals surface area contributed by atoms with Crippen molar-refractivity contribution in [3.05, 3.63) is 34.2 Å². The highest BCUT2D eigenvalue weighted by atomic mass is 16.5. The minimum atomic E-state index is -0.363. The smallest absolute Gasteiger partial charge is 0.285 e. The van der Waals surface area contributed by atoms with Crippen molar-refractivity contribution in [2.45, 2.75) is 20.8 Å². The highest BCUT2D eigenvalue weighted by Crippen LogP contribution is 1.84. The van der Waals surface area contributed by atoms with E-state index in [1.54, 1.807) is 19.1 Å². The van der Waals surface area contributed by atoms with Crippen LogP contribution in [-0.2, 0) is 0 Å². The number of hydrogen-bond donors (Lipinski definition) is 1. The van der Waals surface area contributed by atoms with Crippen LogP contribution in [0.5, 0.6) is 0 Å². The quantitative estimate of drug-likeness (QED) is 0.576. The Morgan fingerprint density at radius 1 is 1.45 bits per heavy atom. The average molecular weight is 155 g/mol. The van der Waals surface area contributed by atoms with Crippen molar-refractivity contribution < 1.29 is 5.21 Å². The lowest BCUT2D eigenvalue weighted by Gasteiger charge is -1.93. The van der Waals surface area contributed by atoms with Gasteiger partial charge in [-0.05, 0) is 13.0 Å². The molecular weight excluding hydrogens is 142 g/mol. The molecule has 0 fully saturated rings. The topological polar surface area (TPSA) is 42.2 Å². The van der Waals surface area contributed by atoms with Crippen LogP contribution in [0.4, 0.5) is 0 Å². The van der Waals surface area contributed by atoms with Crippen LogP contribution in [0.2, 0.25) is 0 Å². The van der Waals surface area contributed by atoms with Crippen LogP contribution >= 0.6 is 0 Å². The largest absolute Gasteiger partial charge is 0.425 e. The highest BCUT2D eigenvalue weighted by Gasteiger charge is 1.92. The normalized spacial score (nSPS) is 8.27. The first-order chi connectivity index (χ1) is 5.22. The molecule has 0 amide bonds. The Hall–Kier alpha value is -1.25. The third-order valence-electron chi connectivity index (χ3n) is 1.12. The highest BCUT2D eigenvalue weighted by molar-refractivity contribution is 5.06. The minimum Gasteiger partial charge on any atom is -0.425 e. The molecule has 0 unspecified atom stereocenters. The molecule has 0 spiro atoms. The fourth-order valence-corrected chi connectivity index (χ4v) is 0.589. The van der Waals surface area contributed by atoms with Crippen LogP contribution in [-0.4, -0.2) is 9.94 Å². The van der Waals surface area contributed by atoms with Crippen molar-refractivity contribution in [3.63, 3.8) is 0 Å². The van der Waals surface area contributed by atoms with E-state index in [9.17, 15) is 4.79 Å². The molecule has 3 heteroatoms. The Morgan fingerprint density at radius 3 is 2.36 bits per heavy atom. The molecule has 3 nitrogen and oxygen atoms in total. The van der Waals surface area contributed by atoms with E-state index in [2.05, 4.69) is 0 Å². The SMILES string of the molecule is CC.Cc1cccn(O)c1=O. The zero-order valence-corrected chi connectivity index (χ0v) is 7.03. The van der Waals surface area contributed by atoms with Crippen molar-refractivity contribution in [2.75, 3.05) is 0 Å². The van der Waals surface area contributed by atoms with Crippen molar-refractivity contribution in [1.29, 1.82) is 0 Å². The van der Waals surface area contributed by atoms with E-state index in [-0.39, 0.29) is 5.56 Å². The Balaban J connectivity index is 0.000000461. The van der Waals surface area contributed by atoms with Crippen molar-refractivity contribution in [3.8, 4) is 0 Å². The van der Waals surface area contributed by atoms with Gasteiger partial charge in [0, 0.05) is 11.8 Å². The lowest BCUT2D eigenvalue weighted by molar-refractivity contribution is 0.174. The maximum absolute atomic E-state index is 10.7. The van der Waals surface area contributed by atoms with Crippen LogP contribution in [0.1, 0.15) is 19.4 Å². The summed E-state index contributed by atoms with van der Waals surface area (Å²) in [5, 5.41) is 8.70. The van der Waals surface area contributed by atoms with Crippen molar-refractivity contribution in [2.24, 2.45) is 0 Å². The molecule has 0 aromatic carbocycles. The monoisotopic (exact) mass is 155 g/mol. The number of nitrogens with zero attached hydrogens (tertiary/aromatic N) is 1. The molecule has 0 saturated carbocycles. The molecule has 1 N–H and O–H groups in total. The van der Waals surface area contributed by atoms with E-state index >= 15 is 0 Å². The Labute approximate surface area is 65.9 Å². The number of rotatable bonds is 0. The lowest BCUT2D eigenvalue weighted by Crippen LogP contribution is -2.18. The van der Waals surface area contributed by atoms with Gasteiger partial charge in [-0.1, -0.05) is 19.9 Å². The van der Waals surface area contributed by atoms with Crippen molar-refractivity contribution >= 4 is 0 Å². The van der Waals surface area contributed by atoms with Gasteiger partial charge in [0.1, 0.15) is 0 Å². The summed E-state index contributed by atoms with van der Waals surface area (Å²) in [6.07, 6.45) is 1.30. The van der Waals surface area contributed by atoms with Crippen LogP contribution < -0.4 is 5.56 Å². The predicted octanol–water partition coefficient (Wildman–Crippen LogP) is 1.42. The van der Waals surface area contributed by atoms with Crippen LogP contribution in [0, 0.1) is 6.92 Å². The van der Waals surface area contributed by atoms with Gasteiger partial charge in [-0.2, -0.15) is 4.73 Å². The predicted molar refractivity (Wildman–Crippen MR) is 44.0 cm³/mol. The molecule has 1 aromatic heterocycles. The van der Waals surface area contributed by atoms with Crippen LogP contribution in [0.25, 0.3) is 0 Å². The third kappa shape index (κ3) is 2.45. The Morgan fingerprint density at radius 2 is 2.00 bits per heavy atom. The van der Waals surface area contributed by atoms with E-state index in [4.69, 9.17) is 5.21 Å². The van der Waals surface area contributed by atoms with Gasteiger partial charge >= 0.3 is 0 Å². The number of hydrogen-bond acceptors (Lipinski definition) is 2. The van der Waals surface area contributed by atoms with Gasteiger partial charge in [0.15, 0.2) is 0 Å². The number of aryl methyl sites for hydroxylation is 1. The molecule has 0 radical (unpaired) electrons. The molecule has 11 heavy (non-hydrogen) atoms. The molecule has 1 rings (SSSR count). The molecule has 0 aliphatic carbocycles. The molecule has 1 aromatic rings. The van der Waals surface area contributed by atoms with E-state index < -0.39 is 0 Å². The van der Waals surface area contributed by atoms with E-state index in [0.29, 0.717) is 10.3 Å². The van der Waals surface area contributed by atoms with E-state index in [1.165, 1.54) is 6.20 Å². The molecule has 0 aliphatic rings. The molecular formula is C8H13NO2. The standard InChI is InChI=1S/C6H7NO2.C2H6/c1-5-3-2-4-7(9)6(5)8;1-2/h2-4,9H,1H3;1-2H3. The van der Waals surface area contributed by atoms with Gasteiger partial charge in [-0.15, -0.1) is 0 Å². The van der Waals surface area contributed by atoms with Gasteiger partial charge in [0.25, 0.3) is 5.56 Å². The van der Waals surface area contributed by atoms with Crippen LogP contribution in [0.3, 0.4) is 0 Å². The van der Waals surface area contributed by atoms with Gasteiger partial charge in [-0.25, -0.2) is 0 Å². The molecule has 62 valence electrons. The van der Waals surface area contributed by atoms with Gasteiger partial charge in [0.2, 0.25) is 0 Å². The second-order valence-electron chi connectivity index (χ2n) is 1.84. The summed E-state index contributed by atoms with van der Waals surface area (Å²) in [4.78, 5) is 10.7. The Bertz CT molecular complexity index is 242. The average Bonchev–Trinajstić information content (AvgIpc) is 2.04. The van der Waals surface area contributed by atoms with Crippen LogP contribution in [0.15, 0.2) is 23.1 Å². The van der Waals surface area contributed by atoms with E-state index in [0.717, 1.165) is 0 Å². The van der Waals surface area contributed by atoms with Gasteiger partial charge in [0.05, 0.1) is 0 Å². The second kappa shape index (κ2) is 4.55. The summed E-state index contributed by atoms with van der Waals surface area (Å²) in [5.74, 6) is 0. The molecule has 0 atom stereocenters. The number of aromatic nitrogens is 1. The first-order valence-electron chi connectivity index (χ1n) is 3.59. The maximum atomic E-state index is 10.7. The molecule has 0 aliphatic heterocycles. The summed E-state index contributed by atoms with van der Waals surface area (Å²) in [5.41, 5.74) is 0.178. The maximum Gasteiger partial charge on any atom is 0.285 e. The minimum absolute atomic E-state index is 0.363. The summed E-state index contributed by atoms with van der Waals surface area (Å²) < 4.78 is 0.565. The summed E-state index contributed by atoms with van der Waals surface area (Å²) in [6, 6.07) is 3.26. The third-order valence-corrected chi connectivity index (χ3v) is 1.12. The number of pyridine rings is 1. The fraction of sp³-hybridized carbons (Fsp3) is 0.375. The lowest BCUT2D eigenvalue weighted by atomic mass is 10.3. The summed E-state index contributed by atoms with van der Waals surface area (Å²) in [6.45, 7) is 5.65. The molecule has 1 heterocycles. The zero-order valence-electron chi connectivity index (χ0n) is 7.03. The summed E-state index contributed by atoms with van der Waals surface area (Å²) in [7, 11) is 0. The molecule has 0 bridgehead atoms. The summed E-state index contributed by atoms with van der Waals surface area (Å²) >= 11 is 0. The van der Waals surface area contributed by atoms with Gasteiger partial charge in [-0.3, -0.25) is 4.79 Å². The fourth-order valence-electron chi connectivity index (χ4n) is 0.589.